The Balaban J connectivity index is 0.00000110. The average molecular weight is 371 g/mol. The molecule has 116 valence electrons. The molecule has 1 saturated heterocycles. The molecule has 1 aromatic rings. The first kappa shape index (κ1) is 18.5. The Labute approximate surface area is 145 Å². The molecule has 0 aliphatic carbocycles. The average Bonchev–Trinajstić information content (AvgIpc) is 2.67. The van der Waals surface area contributed by atoms with Crippen LogP contribution in [-0.4, -0.2) is 30.4 Å². The van der Waals surface area contributed by atoms with E-state index < -0.39 is 5.54 Å². The molecule has 2 heterocycles. The number of rotatable bonds is 1. The molecular weight excluding hydrogens is 356 g/mol. The lowest BCUT2D eigenvalue weighted by Gasteiger charge is -2.28. The minimum Gasteiger partial charge on any atom is -0.317 e. The number of hydrogen-bond donors (Lipinski definition) is 2. The zero-order valence-electron chi connectivity index (χ0n) is 11.0. The molecule has 1 fully saturated rings. The maximum absolute atomic E-state index is 12.2. The smallest absolute Gasteiger partial charge is 0.253 e. The minimum absolute atomic E-state index is 0. The highest BCUT2D eigenvalue weighted by molar-refractivity contribution is 6.37. The number of hydrogen-bond acceptors (Lipinski definition) is 3. The Morgan fingerprint density at radius 2 is 1.81 bits per heavy atom. The van der Waals surface area contributed by atoms with Gasteiger partial charge in [-0.3, -0.25) is 9.79 Å². The summed E-state index contributed by atoms with van der Waals surface area (Å²) in [7, 11) is 0. The third-order valence-corrected chi connectivity index (χ3v) is 4.15. The summed E-state index contributed by atoms with van der Waals surface area (Å²) in [5, 5.41) is 7.15. The van der Waals surface area contributed by atoms with E-state index in [1.54, 1.807) is 18.2 Å². The number of aliphatic imine (C=N–C) groups is 1. The summed E-state index contributed by atoms with van der Waals surface area (Å²) < 4.78 is 0. The van der Waals surface area contributed by atoms with Crippen LogP contribution in [-0.2, 0) is 4.79 Å². The highest BCUT2D eigenvalue weighted by Crippen LogP contribution is 2.30. The molecule has 2 N–H and O–H groups in total. The molecule has 0 saturated carbocycles. The van der Waals surface area contributed by atoms with Crippen molar-refractivity contribution in [2.75, 3.05) is 13.1 Å². The van der Waals surface area contributed by atoms with Gasteiger partial charge in [0.25, 0.3) is 5.91 Å². The Hall–Kier alpha value is -0.520. The van der Waals surface area contributed by atoms with E-state index in [1.807, 2.05) is 0 Å². The monoisotopic (exact) mass is 369 g/mol. The normalized spacial score (nSPS) is 19.3. The number of amides is 1. The van der Waals surface area contributed by atoms with Crippen molar-refractivity contribution in [3.05, 3.63) is 33.8 Å². The molecule has 3 rings (SSSR count). The van der Waals surface area contributed by atoms with E-state index >= 15 is 0 Å². The number of nitrogens with one attached hydrogen (secondary N) is 2. The number of benzene rings is 1. The van der Waals surface area contributed by atoms with E-state index in [-0.39, 0.29) is 30.7 Å². The maximum Gasteiger partial charge on any atom is 0.253 e. The van der Waals surface area contributed by atoms with Crippen LogP contribution in [0.1, 0.15) is 18.4 Å². The van der Waals surface area contributed by atoms with Crippen molar-refractivity contribution >= 4 is 59.8 Å². The fourth-order valence-electron chi connectivity index (χ4n) is 2.50. The van der Waals surface area contributed by atoms with Gasteiger partial charge in [0.1, 0.15) is 11.4 Å². The molecule has 0 atom stereocenters. The van der Waals surface area contributed by atoms with Crippen LogP contribution in [0.2, 0.25) is 10.0 Å². The Morgan fingerprint density at radius 3 is 2.43 bits per heavy atom. The van der Waals surface area contributed by atoms with Crippen molar-refractivity contribution in [3.63, 3.8) is 0 Å². The van der Waals surface area contributed by atoms with Crippen LogP contribution in [0.25, 0.3) is 0 Å². The van der Waals surface area contributed by atoms with Crippen molar-refractivity contribution in [3.8, 4) is 0 Å². The van der Waals surface area contributed by atoms with E-state index in [1.165, 1.54) is 0 Å². The van der Waals surface area contributed by atoms with Gasteiger partial charge >= 0.3 is 0 Å². The van der Waals surface area contributed by atoms with Crippen LogP contribution in [0, 0.1) is 0 Å². The maximum atomic E-state index is 12.2. The second-order valence-electron chi connectivity index (χ2n) is 4.82. The molecule has 1 amide bonds. The Bertz CT molecular complexity index is 571. The van der Waals surface area contributed by atoms with Crippen molar-refractivity contribution < 1.29 is 4.79 Å². The summed E-state index contributed by atoms with van der Waals surface area (Å²) in [6, 6.07) is 5.18. The van der Waals surface area contributed by atoms with Crippen molar-refractivity contribution in [2.24, 2.45) is 4.99 Å². The second-order valence-corrected chi connectivity index (χ2v) is 5.66. The van der Waals surface area contributed by atoms with Gasteiger partial charge in [-0.05, 0) is 44.1 Å². The molecule has 0 aromatic heterocycles. The molecule has 4 nitrogen and oxygen atoms in total. The molecule has 0 radical (unpaired) electrons. The molecule has 8 heteroatoms. The molecule has 1 aromatic carbocycles. The molecule has 21 heavy (non-hydrogen) atoms. The van der Waals surface area contributed by atoms with Gasteiger partial charge < -0.3 is 10.6 Å². The molecule has 1 spiro atoms. The number of halogens is 4. The van der Waals surface area contributed by atoms with E-state index in [9.17, 15) is 4.79 Å². The minimum atomic E-state index is -0.621. The van der Waals surface area contributed by atoms with Gasteiger partial charge in [0, 0.05) is 10.6 Å². The largest absolute Gasteiger partial charge is 0.317 e. The van der Waals surface area contributed by atoms with E-state index in [0.29, 0.717) is 28.7 Å². The van der Waals surface area contributed by atoms with Gasteiger partial charge in [0.05, 0.1) is 5.02 Å². The highest BCUT2D eigenvalue weighted by atomic mass is 35.5. The summed E-state index contributed by atoms with van der Waals surface area (Å²) in [4.78, 5) is 16.8. The lowest BCUT2D eigenvalue weighted by atomic mass is 9.89. The van der Waals surface area contributed by atoms with Crippen LogP contribution in [0.5, 0.6) is 0 Å². The lowest BCUT2D eigenvalue weighted by Crippen LogP contribution is -2.47. The molecular formula is C13H15Cl4N3O. The quantitative estimate of drug-likeness (QED) is 0.798. The molecule has 0 unspecified atom stereocenters. The summed E-state index contributed by atoms with van der Waals surface area (Å²) in [5.41, 5.74) is 0.0960. The lowest BCUT2D eigenvalue weighted by molar-refractivity contribution is -0.124. The third kappa shape index (κ3) is 3.46. The Kier molecular flexibility index (Phi) is 6.32. The first-order valence-corrected chi connectivity index (χ1v) is 6.94. The fraction of sp³-hybridized carbons (Fsp3) is 0.385. The van der Waals surface area contributed by atoms with Crippen LogP contribution in [0.15, 0.2) is 23.2 Å². The SMILES string of the molecule is Cl.Cl.O=C1NC(c2ccc(Cl)cc2Cl)=NC12CCNCC2. The second kappa shape index (κ2) is 7.16. The van der Waals surface area contributed by atoms with Crippen LogP contribution >= 0.6 is 48.0 Å². The zero-order valence-corrected chi connectivity index (χ0v) is 14.1. The first-order valence-electron chi connectivity index (χ1n) is 6.18. The number of amidine groups is 1. The predicted octanol–water partition coefficient (Wildman–Crippen LogP) is 2.84. The summed E-state index contributed by atoms with van der Waals surface area (Å²) in [5.74, 6) is 0.517. The number of carbonyl (C=O) groups excluding carboxylic acids is 1. The van der Waals surface area contributed by atoms with E-state index in [4.69, 9.17) is 23.2 Å². The van der Waals surface area contributed by atoms with Gasteiger partial charge in [-0.1, -0.05) is 23.2 Å². The van der Waals surface area contributed by atoms with Crippen LogP contribution < -0.4 is 10.6 Å². The number of carbonyl (C=O) groups is 1. The standard InChI is InChI=1S/C13H13Cl2N3O.2ClH/c14-8-1-2-9(10(15)7-8)11-17-12(19)13(18-11)3-5-16-6-4-13;;/h1-2,7,16H,3-6H2,(H,17,18,19);2*1H. The summed E-state index contributed by atoms with van der Waals surface area (Å²) in [6.07, 6.45) is 1.43. The third-order valence-electron chi connectivity index (χ3n) is 3.60. The molecule has 2 aliphatic rings. The van der Waals surface area contributed by atoms with Gasteiger partial charge in [-0.15, -0.1) is 24.8 Å². The van der Waals surface area contributed by atoms with Gasteiger partial charge in [-0.25, -0.2) is 0 Å². The van der Waals surface area contributed by atoms with E-state index in [0.717, 1.165) is 18.7 Å². The highest BCUT2D eigenvalue weighted by Gasteiger charge is 2.44. The van der Waals surface area contributed by atoms with Crippen LogP contribution in [0.4, 0.5) is 0 Å². The van der Waals surface area contributed by atoms with E-state index in [2.05, 4.69) is 15.6 Å². The van der Waals surface area contributed by atoms with Crippen molar-refractivity contribution in [2.45, 2.75) is 18.4 Å². The number of nitrogens with zero attached hydrogens (tertiary/aromatic N) is 1. The summed E-state index contributed by atoms with van der Waals surface area (Å²) in [6.45, 7) is 1.61. The topological polar surface area (TPSA) is 53.5 Å². The van der Waals surface area contributed by atoms with Gasteiger partial charge in [0.2, 0.25) is 0 Å². The van der Waals surface area contributed by atoms with Crippen molar-refractivity contribution in [1.82, 2.24) is 10.6 Å². The van der Waals surface area contributed by atoms with Crippen LogP contribution in [0.3, 0.4) is 0 Å². The fourth-order valence-corrected chi connectivity index (χ4v) is 3.00. The number of piperidine rings is 1. The van der Waals surface area contributed by atoms with Gasteiger partial charge in [0.15, 0.2) is 0 Å². The van der Waals surface area contributed by atoms with Crippen molar-refractivity contribution in [1.29, 1.82) is 0 Å². The predicted molar refractivity (Wildman–Crippen MR) is 90.5 cm³/mol. The Morgan fingerprint density at radius 1 is 1.14 bits per heavy atom. The summed E-state index contributed by atoms with van der Waals surface area (Å²) >= 11 is 12.0. The molecule has 2 aliphatic heterocycles. The molecule has 0 bridgehead atoms. The first-order chi connectivity index (χ1) is 9.11. The zero-order chi connectivity index (χ0) is 13.5. The van der Waals surface area contributed by atoms with Gasteiger partial charge in [-0.2, -0.15) is 0 Å².